The minimum atomic E-state index is -4.18. The standard InChI is InChI=1S/C43H71N9O14S/c1-27-28(2)37(29(3)30-24-43(10,11)65-36(27)30)67(58,59)51-40(44)46-14-12-13-31(49-34(54)26-63-22-21-62-20-19-61-18-17-60-16-15-48-52-45)38(56)47-25-33(53)50-32(39(57)66-42(7,8)9)23-35(55)64-41(4,5)6/h31-32H,12-26H2,1-11H3,(H,47,56)(H,49,54)(H,50,53)(H3,44,46,51)/t31-,32-/m0/s1. The molecule has 0 saturated carbocycles. The number of nitrogens with one attached hydrogen (secondary N) is 4. The molecule has 1 heterocycles. The van der Waals surface area contributed by atoms with Crippen molar-refractivity contribution in [3.05, 3.63) is 32.7 Å². The summed E-state index contributed by atoms with van der Waals surface area (Å²) in [6, 6.07) is -2.67. The number of benzene rings is 1. The number of hydrogen-bond acceptors (Lipinski definition) is 16. The van der Waals surface area contributed by atoms with Crippen LogP contribution in [-0.2, 0) is 68.8 Å². The van der Waals surface area contributed by atoms with Gasteiger partial charge in [-0.1, -0.05) is 5.11 Å². The Hall–Kier alpha value is -5.26. The van der Waals surface area contributed by atoms with Gasteiger partial charge in [0, 0.05) is 30.0 Å². The molecule has 3 amide bonds. The molecule has 23 nitrogen and oxygen atoms in total. The van der Waals surface area contributed by atoms with E-state index < -0.39 is 94.1 Å². The summed E-state index contributed by atoms with van der Waals surface area (Å²) in [6.07, 6.45) is 0.0588. The second kappa shape index (κ2) is 26.9. The van der Waals surface area contributed by atoms with E-state index in [2.05, 4.69) is 35.7 Å². The topological polar surface area (TPSA) is 319 Å². The Balaban J connectivity index is 2.07. The lowest BCUT2D eigenvalue weighted by Crippen LogP contribution is -2.52. The Labute approximate surface area is 393 Å². The van der Waals surface area contributed by atoms with Crippen molar-refractivity contribution in [1.82, 2.24) is 20.7 Å². The fourth-order valence-electron chi connectivity index (χ4n) is 6.50. The van der Waals surface area contributed by atoms with Crippen molar-refractivity contribution in [3.8, 4) is 5.75 Å². The van der Waals surface area contributed by atoms with E-state index in [0.717, 1.165) is 5.56 Å². The number of nitrogens with zero attached hydrogens (tertiary/aromatic N) is 4. The van der Waals surface area contributed by atoms with Crippen LogP contribution in [0.4, 0.5) is 0 Å². The first-order valence-corrected chi connectivity index (χ1v) is 23.4. The lowest BCUT2D eigenvalue weighted by molar-refractivity contribution is -0.165. The van der Waals surface area contributed by atoms with Crippen molar-refractivity contribution in [2.24, 2.45) is 15.8 Å². The van der Waals surface area contributed by atoms with Gasteiger partial charge in [-0.05, 0) is 111 Å². The molecule has 0 aromatic heterocycles. The van der Waals surface area contributed by atoms with Crippen LogP contribution < -0.4 is 31.1 Å². The van der Waals surface area contributed by atoms with Crippen LogP contribution in [0.3, 0.4) is 0 Å². The third kappa shape index (κ3) is 21.9. The van der Waals surface area contributed by atoms with Crippen molar-refractivity contribution in [2.75, 3.05) is 72.5 Å². The molecule has 0 bridgehead atoms. The molecule has 2 atom stereocenters. The highest BCUT2D eigenvalue weighted by Crippen LogP contribution is 2.43. The van der Waals surface area contributed by atoms with Gasteiger partial charge in [0.25, 0.3) is 10.0 Å². The number of guanidine groups is 1. The Bertz CT molecular complexity index is 2060. The number of carbonyl (C=O) groups excluding carboxylic acids is 5. The van der Waals surface area contributed by atoms with Gasteiger partial charge in [-0.3, -0.25) is 24.2 Å². The molecule has 2 rings (SSSR count). The lowest BCUT2D eigenvalue weighted by Gasteiger charge is -2.26. The first kappa shape index (κ1) is 57.9. The van der Waals surface area contributed by atoms with Crippen molar-refractivity contribution in [2.45, 2.75) is 136 Å². The van der Waals surface area contributed by atoms with E-state index in [-0.39, 0.29) is 63.9 Å². The van der Waals surface area contributed by atoms with Crippen molar-refractivity contribution >= 4 is 45.6 Å². The first-order valence-electron chi connectivity index (χ1n) is 21.9. The van der Waals surface area contributed by atoms with Crippen LogP contribution in [0.15, 0.2) is 15.0 Å². The van der Waals surface area contributed by atoms with Crippen molar-refractivity contribution in [3.63, 3.8) is 0 Å². The summed E-state index contributed by atoms with van der Waals surface area (Å²) >= 11 is 0. The molecular formula is C43H71N9O14S. The zero-order chi connectivity index (χ0) is 50.6. The largest absolute Gasteiger partial charge is 0.487 e. The number of azide groups is 1. The number of esters is 2. The maximum atomic E-state index is 13.7. The van der Waals surface area contributed by atoms with Gasteiger partial charge in [-0.15, -0.1) is 0 Å². The number of hydrogen-bond donors (Lipinski definition) is 5. The molecule has 0 aliphatic carbocycles. The van der Waals surface area contributed by atoms with Crippen LogP contribution in [0.1, 0.15) is 96.9 Å². The van der Waals surface area contributed by atoms with Crippen LogP contribution in [-0.4, -0.2) is 145 Å². The maximum Gasteiger partial charge on any atom is 0.329 e. The van der Waals surface area contributed by atoms with Crippen LogP contribution in [0.25, 0.3) is 10.4 Å². The van der Waals surface area contributed by atoms with Gasteiger partial charge in [-0.25, -0.2) is 17.9 Å². The molecule has 0 saturated heterocycles. The molecule has 6 N–H and O–H groups in total. The quantitative estimate of drug-likeness (QED) is 0.0153. The van der Waals surface area contributed by atoms with E-state index in [1.165, 1.54) is 0 Å². The zero-order valence-electron chi connectivity index (χ0n) is 40.8. The molecule has 0 spiro atoms. The number of fused-ring (bicyclic) bond motifs is 1. The SMILES string of the molecule is Cc1c(C)c(S(=O)(=O)NC(N)=NCCC[C@H](NC(=O)COCCOCCOCCOCCN=[N+]=[N-])C(=O)NCC(=O)N[C@@H](CC(=O)OC(C)(C)C)C(=O)OC(C)(C)C)c(C)c2c1OC(C)(C)C2. The van der Waals surface area contributed by atoms with Gasteiger partial charge < -0.3 is 54.8 Å². The summed E-state index contributed by atoms with van der Waals surface area (Å²) < 4.78 is 67.9. The number of rotatable bonds is 28. The fourth-order valence-corrected chi connectivity index (χ4v) is 8.02. The number of sulfonamides is 1. The van der Waals surface area contributed by atoms with Gasteiger partial charge in [-0.2, -0.15) is 0 Å². The van der Waals surface area contributed by atoms with Gasteiger partial charge in [0.2, 0.25) is 23.7 Å². The van der Waals surface area contributed by atoms with Crippen molar-refractivity contribution in [1.29, 1.82) is 0 Å². The third-order valence-corrected chi connectivity index (χ3v) is 11.0. The van der Waals surface area contributed by atoms with Crippen LogP contribution in [0, 0.1) is 20.8 Å². The maximum absolute atomic E-state index is 13.7. The zero-order valence-corrected chi connectivity index (χ0v) is 41.6. The molecule has 24 heteroatoms. The first-order chi connectivity index (χ1) is 31.2. The average Bonchev–Trinajstić information content (AvgIpc) is 3.54. The van der Waals surface area contributed by atoms with E-state index in [1.54, 1.807) is 62.3 Å². The lowest BCUT2D eigenvalue weighted by atomic mass is 9.94. The Kier molecular flexibility index (Phi) is 23.2. The number of aliphatic imine (C=N–C) groups is 1. The summed E-state index contributed by atoms with van der Waals surface area (Å²) in [4.78, 5) is 72.0. The van der Waals surface area contributed by atoms with Gasteiger partial charge in [0.05, 0.1) is 64.1 Å². The molecule has 1 aromatic rings. The molecule has 1 aromatic carbocycles. The van der Waals surface area contributed by atoms with Gasteiger partial charge >= 0.3 is 11.9 Å². The summed E-state index contributed by atoms with van der Waals surface area (Å²) in [6.45, 7) is 19.6. The van der Waals surface area contributed by atoms with E-state index in [1.807, 2.05) is 13.8 Å². The number of ether oxygens (including phenoxy) is 7. The minimum Gasteiger partial charge on any atom is -0.487 e. The Morgan fingerprint density at radius 1 is 0.806 bits per heavy atom. The molecule has 1 aliphatic heterocycles. The van der Waals surface area contributed by atoms with E-state index in [4.69, 9.17) is 44.4 Å². The smallest absolute Gasteiger partial charge is 0.329 e. The molecular weight excluding hydrogens is 899 g/mol. The number of carbonyl (C=O) groups is 5. The molecule has 0 radical (unpaired) electrons. The fraction of sp³-hybridized carbons (Fsp3) is 0.721. The molecule has 0 fully saturated rings. The van der Waals surface area contributed by atoms with Gasteiger partial charge in [0.15, 0.2) is 0 Å². The summed E-state index contributed by atoms with van der Waals surface area (Å²) in [5, 5.41) is 10.8. The predicted molar refractivity (Wildman–Crippen MR) is 246 cm³/mol. The van der Waals surface area contributed by atoms with E-state index >= 15 is 0 Å². The van der Waals surface area contributed by atoms with Crippen LogP contribution >= 0.6 is 0 Å². The minimum absolute atomic E-state index is 0.0365. The predicted octanol–water partition coefficient (Wildman–Crippen LogP) is 2.23. The normalized spacial score (nSPS) is 14.4. The second-order valence-electron chi connectivity index (χ2n) is 18.2. The molecule has 0 unspecified atom stereocenters. The molecule has 67 heavy (non-hydrogen) atoms. The number of nitrogens with two attached hydrogens (primary N) is 1. The number of amides is 3. The Morgan fingerprint density at radius 3 is 1.96 bits per heavy atom. The second-order valence-corrected chi connectivity index (χ2v) is 19.8. The van der Waals surface area contributed by atoms with Crippen molar-refractivity contribution < 1.29 is 65.5 Å². The monoisotopic (exact) mass is 969 g/mol. The molecule has 1 aliphatic rings. The summed E-state index contributed by atoms with van der Waals surface area (Å²) in [5.74, 6) is -3.67. The highest BCUT2D eigenvalue weighted by molar-refractivity contribution is 7.90. The average molecular weight is 970 g/mol. The molecule has 378 valence electrons. The van der Waals surface area contributed by atoms with Gasteiger partial charge in [0.1, 0.15) is 41.2 Å². The van der Waals surface area contributed by atoms with E-state index in [0.29, 0.717) is 42.1 Å². The highest BCUT2D eigenvalue weighted by atomic mass is 32.2. The van der Waals surface area contributed by atoms with Crippen LogP contribution in [0.5, 0.6) is 5.75 Å². The Morgan fingerprint density at radius 2 is 1.37 bits per heavy atom. The summed E-state index contributed by atoms with van der Waals surface area (Å²) in [7, 11) is -4.18. The third-order valence-electron chi connectivity index (χ3n) is 9.37. The van der Waals surface area contributed by atoms with E-state index in [9.17, 15) is 32.4 Å². The summed E-state index contributed by atoms with van der Waals surface area (Å²) in [5.41, 5.74) is 14.6. The van der Waals surface area contributed by atoms with Crippen LogP contribution in [0.2, 0.25) is 0 Å². The highest BCUT2D eigenvalue weighted by Gasteiger charge is 2.37.